The summed E-state index contributed by atoms with van der Waals surface area (Å²) in [6.45, 7) is 4.47. The molecule has 1 heterocycles. The maximum atomic E-state index is 13.2. The molecule has 1 N–H and O–H groups in total. The summed E-state index contributed by atoms with van der Waals surface area (Å²) in [7, 11) is 0. The molecule has 3 aromatic rings. The standard InChI is InChI=1S/C26H25N3O3/c1-18(2)29-24(30)22-14-13-21(15-23(22)25(29)31)27-26(32)28(16-19-9-5-3-6-10-19)17-20-11-7-4-8-12-20/h3-15,18H,16-17H2,1-2H3,(H,27,32). The van der Waals surface area contributed by atoms with Crippen LogP contribution < -0.4 is 5.32 Å². The summed E-state index contributed by atoms with van der Waals surface area (Å²) in [5.41, 5.74) is 3.19. The number of imide groups is 1. The van der Waals surface area contributed by atoms with Crippen LogP contribution in [0.2, 0.25) is 0 Å². The van der Waals surface area contributed by atoms with Crippen molar-refractivity contribution < 1.29 is 14.4 Å². The Morgan fingerprint density at radius 2 is 1.34 bits per heavy atom. The molecule has 4 rings (SSSR count). The van der Waals surface area contributed by atoms with Gasteiger partial charge in [0.1, 0.15) is 0 Å². The summed E-state index contributed by atoms with van der Waals surface area (Å²) in [6, 6.07) is 23.9. The lowest BCUT2D eigenvalue weighted by Crippen LogP contribution is -2.35. The van der Waals surface area contributed by atoms with Gasteiger partial charge in [-0.3, -0.25) is 14.5 Å². The van der Waals surface area contributed by atoms with Crippen LogP contribution in [0.15, 0.2) is 78.9 Å². The first-order valence-corrected chi connectivity index (χ1v) is 10.6. The molecule has 0 spiro atoms. The summed E-state index contributed by atoms with van der Waals surface area (Å²) in [6.07, 6.45) is 0. The van der Waals surface area contributed by atoms with Crippen LogP contribution >= 0.6 is 0 Å². The Balaban J connectivity index is 1.56. The highest BCUT2D eigenvalue weighted by Crippen LogP contribution is 2.27. The average Bonchev–Trinajstić information content (AvgIpc) is 3.04. The molecule has 0 atom stereocenters. The fourth-order valence-electron chi connectivity index (χ4n) is 3.82. The molecule has 0 fully saturated rings. The normalized spacial score (nSPS) is 12.8. The van der Waals surface area contributed by atoms with Crippen molar-refractivity contribution in [1.29, 1.82) is 0 Å². The van der Waals surface area contributed by atoms with Crippen LogP contribution in [0.5, 0.6) is 0 Å². The van der Waals surface area contributed by atoms with E-state index in [0.717, 1.165) is 11.1 Å². The maximum Gasteiger partial charge on any atom is 0.322 e. The Hall–Kier alpha value is -3.93. The second-order valence-electron chi connectivity index (χ2n) is 8.09. The molecule has 1 aliphatic rings. The van der Waals surface area contributed by atoms with Gasteiger partial charge in [0.25, 0.3) is 11.8 Å². The van der Waals surface area contributed by atoms with Crippen molar-refractivity contribution in [3.63, 3.8) is 0 Å². The Kier molecular flexibility index (Phi) is 6.03. The van der Waals surface area contributed by atoms with Gasteiger partial charge in [0.15, 0.2) is 0 Å². The van der Waals surface area contributed by atoms with Gasteiger partial charge in [-0.05, 0) is 43.2 Å². The molecule has 0 radical (unpaired) electrons. The van der Waals surface area contributed by atoms with Crippen LogP contribution in [0, 0.1) is 0 Å². The van der Waals surface area contributed by atoms with Crippen molar-refractivity contribution in [2.24, 2.45) is 0 Å². The highest BCUT2D eigenvalue weighted by Gasteiger charge is 2.37. The van der Waals surface area contributed by atoms with Crippen molar-refractivity contribution in [3.05, 3.63) is 101 Å². The lowest BCUT2D eigenvalue weighted by molar-refractivity contribution is 0.0609. The van der Waals surface area contributed by atoms with Crippen molar-refractivity contribution >= 4 is 23.5 Å². The number of amides is 4. The molecular formula is C26H25N3O3. The Morgan fingerprint density at radius 3 is 1.88 bits per heavy atom. The van der Waals surface area contributed by atoms with E-state index in [1.54, 1.807) is 36.9 Å². The molecule has 0 saturated heterocycles. The van der Waals surface area contributed by atoms with Crippen molar-refractivity contribution in [2.75, 3.05) is 5.32 Å². The SMILES string of the molecule is CC(C)N1C(=O)c2ccc(NC(=O)N(Cc3ccccc3)Cc3ccccc3)cc2C1=O. The largest absolute Gasteiger partial charge is 0.322 e. The predicted molar refractivity (Wildman–Crippen MR) is 123 cm³/mol. The van der Waals surface area contributed by atoms with E-state index < -0.39 is 0 Å². The zero-order valence-electron chi connectivity index (χ0n) is 18.1. The summed E-state index contributed by atoms with van der Waals surface area (Å²) in [5.74, 6) is -0.630. The Labute approximate surface area is 187 Å². The van der Waals surface area contributed by atoms with Crippen molar-refractivity contribution in [3.8, 4) is 0 Å². The molecule has 162 valence electrons. The predicted octanol–water partition coefficient (Wildman–Crippen LogP) is 4.93. The van der Waals surface area contributed by atoms with Gasteiger partial charge in [-0.15, -0.1) is 0 Å². The summed E-state index contributed by atoms with van der Waals surface area (Å²) in [4.78, 5) is 41.3. The van der Waals surface area contributed by atoms with E-state index in [0.29, 0.717) is 29.9 Å². The number of fused-ring (bicyclic) bond motifs is 1. The number of nitrogens with zero attached hydrogens (tertiary/aromatic N) is 2. The van der Waals surface area contributed by atoms with Gasteiger partial charge in [0.2, 0.25) is 0 Å². The number of carbonyl (C=O) groups excluding carboxylic acids is 3. The molecule has 0 bridgehead atoms. The number of benzene rings is 3. The van der Waals surface area contributed by atoms with E-state index in [1.807, 2.05) is 60.7 Å². The van der Waals surface area contributed by atoms with Crippen molar-refractivity contribution in [1.82, 2.24) is 9.80 Å². The van der Waals surface area contributed by atoms with Gasteiger partial charge >= 0.3 is 6.03 Å². The molecular weight excluding hydrogens is 402 g/mol. The molecule has 32 heavy (non-hydrogen) atoms. The van der Waals surface area contributed by atoms with E-state index in [-0.39, 0.29) is 23.9 Å². The zero-order valence-corrected chi connectivity index (χ0v) is 18.1. The minimum Gasteiger partial charge on any atom is -0.316 e. The summed E-state index contributed by atoms with van der Waals surface area (Å²) >= 11 is 0. The van der Waals surface area contributed by atoms with Gasteiger partial charge in [0, 0.05) is 24.8 Å². The number of nitrogens with one attached hydrogen (secondary N) is 1. The minimum absolute atomic E-state index is 0.229. The van der Waals surface area contributed by atoms with Gasteiger partial charge in [0.05, 0.1) is 11.1 Å². The van der Waals surface area contributed by atoms with E-state index in [2.05, 4.69) is 5.32 Å². The molecule has 0 unspecified atom stereocenters. The number of rotatable bonds is 6. The second kappa shape index (κ2) is 9.06. The van der Waals surface area contributed by atoms with E-state index in [4.69, 9.17) is 0 Å². The van der Waals surface area contributed by atoms with Crippen LogP contribution in [-0.4, -0.2) is 33.7 Å². The monoisotopic (exact) mass is 427 g/mol. The highest BCUT2D eigenvalue weighted by molar-refractivity contribution is 6.22. The highest BCUT2D eigenvalue weighted by atomic mass is 16.2. The quantitative estimate of drug-likeness (QED) is 0.568. The maximum absolute atomic E-state index is 13.2. The van der Waals surface area contributed by atoms with E-state index in [1.165, 1.54) is 4.90 Å². The van der Waals surface area contributed by atoms with Gasteiger partial charge < -0.3 is 10.2 Å². The van der Waals surface area contributed by atoms with Crippen LogP contribution in [-0.2, 0) is 13.1 Å². The first kappa shape index (κ1) is 21.3. The number of carbonyl (C=O) groups is 3. The fraction of sp³-hybridized carbons (Fsp3) is 0.192. The third-order valence-corrected chi connectivity index (χ3v) is 5.41. The summed E-state index contributed by atoms with van der Waals surface area (Å²) in [5, 5.41) is 2.90. The average molecular weight is 428 g/mol. The smallest absolute Gasteiger partial charge is 0.316 e. The van der Waals surface area contributed by atoms with Gasteiger partial charge in [-0.1, -0.05) is 60.7 Å². The molecule has 3 aromatic carbocycles. The molecule has 0 saturated carbocycles. The molecule has 4 amide bonds. The third kappa shape index (κ3) is 4.39. The van der Waals surface area contributed by atoms with Crippen LogP contribution in [0.3, 0.4) is 0 Å². The zero-order chi connectivity index (χ0) is 22.7. The molecule has 6 nitrogen and oxygen atoms in total. The Morgan fingerprint density at radius 1 is 0.812 bits per heavy atom. The fourth-order valence-corrected chi connectivity index (χ4v) is 3.82. The number of hydrogen-bond donors (Lipinski definition) is 1. The van der Waals surface area contributed by atoms with Crippen molar-refractivity contribution in [2.45, 2.75) is 33.0 Å². The van der Waals surface area contributed by atoms with Gasteiger partial charge in [-0.25, -0.2) is 4.79 Å². The molecule has 6 heteroatoms. The Bertz CT molecular complexity index is 1100. The number of hydrogen-bond acceptors (Lipinski definition) is 3. The third-order valence-electron chi connectivity index (χ3n) is 5.41. The van der Waals surface area contributed by atoms with E-state index >= 15 is 0 Å². The van der Waals surface area contributed by atoms with Crippen LogP contribution in [0.4, 0.5) is 10.5 Å². The topological polar surface area (TPSA) is 69.7 Å². The minimum atomic E-state index is -0.332. The number of urea groups is 1. The lowest BCUT2D eigenvalue weighted by Gasteiger charge is -2.23. The van der Waals surface area contributed by atoms with Crippen LogP contribution in [0.1, 0.15) is 45.7 Å². The molecule has 1 aliphatic heterocycles. The number of anilines is 1. The molecule has 0 aliphatic carbocycles. The lowest BCUT2D eigenvalue weighted by atomic mass is 10.1. The van der Waals surface area contributed by atoms with E-state index in [9.17, 15) is 14.4 Å². The second-order valence-corrected chi connectivity index (χ2v) is 8.09. The first-order chi connectivity index (χ1) is 15.4. The first-order valence-electron chi connectivity index (χ1n) is 10.6. The van der Waals surface area contributed by atoms with Crippen LogP contribution in [0.25, 0.3) is 0 Å². The van der Waals surface area contributed by atoms with Gasteiger partial charge in [-0.2, -0.15) is 0 Å². The molecule has 0 aromatic heterocycles. The summed E-state index contributed by atoms with van der Waals surface area (Å²) < 4.78 is 0.